The molecule has 2 aromatic rings. The molecule has 7 nitrogen and oxygen atoms in total. The molecule has 0 spiro atoms. The van der Waals surface area contributed by atoms with Gasteiger partial charge in [0.1, 0.15) is 0 Å². The molecule has 1 N–H and O–H groups in total. The Morgan fingerprint density at radius 2 is 1.67 bits per heavy atom. The van der Waals surface area contributed by atoms with Gasteiger partial charge < -0.3 is 10.1 Å². The highest BCUT2D eigenvalue weighted by atomic mass is 35.5. The molecule has 0 bridgehead atoms. The van der Waals surface area contributed by atoms with Crippen molar-refractivity contribution in [3.05, 3.63) is 64.7 Å². The van der Waals surface area contributed by atoms with Gasteiger partial charge in [0, 0.05) is 44.3 Å². The molecule has 178 valence electrons. The monoisotopic (exact) mass is 491 g/mol. The summed E-state index contributed by atoms with van der Waals surface area (Å²) in [5.41, 5.74) is 2.26. The first-order chi connectivity index (χ1) is 15.9. The summed E-state index contributed by atoms with van der Waals surface area (Å²) in [5, 5.41) is 3.47. The van der Waals surface area contributed by atoms with E-state index in [0.717, 1.165) is 38.4 Å². The fraction of sp³-hybridized carbons (Fsp3) is 0.458. The van der Waals surface area contributed by atoms with Gasteiger partial charge in [-0.25, -0.2) is 8.42 Å². The van der Waals surface area contributed by atoms with Crippen molar-refractivity contribution in [3.8, 4) is 0 Å². The lowest BCUT2D eigenvalue weighted by Gasteiger charge is -2.31. The van der Waals surface area contributed by atoms with Crippen molar-refractivity contribution in [1.82, 2.24) is 14.5 Å². The van der Waals surface area contributed by atoms with E-state index in [1.165, 1.54) is 22.0 Å². The van der Waals surface area contributed by atoms with Gasteiger partial charge in [-0.3, -0.25) is 9.69 Å². The Labute approximate surface area is 200 Å². The fourth-order valence-electron chi connectivity index (χ4n) is 4.24. The number of carbonyl (C=O) groups is 1. The second kappa shape index (κ2) is 11.0. The van der Waals surface area contributed by atoms with Crippen LogP contribution in [0, 0.1) is 5.92 Å². The van der Waals surface area contributed by atoms with Crippen molar-refractivity contribution >= 4 is 27.5 Å². The molecule has 0 aromatic heterocycles. The highest BCUT2D eigenvalue weighted by Gasteiger charge is 2.33. The maximum atomic E-state index is 13.0. The van der Waals surface area contributed by atoms with Gasteiger partial charge in [-0.2, -0.15) is 4.31 Å². The molecule has 0 radical (unpaired) electrons. The van der Waals surface area contributed by atoms with Gasteiger partial charge in [0.15, 0.2) is 0 Å². The summed E-state index contributed by atoms with van der Waals surface area (Å²) in [6.07, 6.45) is 1.33. The van der Waals surface area contributed by atoms with Crippen LogP contribution in [0.4, 0.5) is 0 Å². The number of rotatable bonds is 7. The number of ether oxygens (including phenoxy) is 1. The minimum Gasteiger partial charge on any atom is -0.379 e. The Kier molecular flexibility index (Phi) is 8.03. The van der Waals surface area contributed by atoms with Crippen molar-refractivity contribution < 1.29 is 17.9 Å². The Morgan fingerprint density at radius 1 is 1.00 bits per heavy atom. The van der Waals surface area contributed by atoms with E-state index in [4.69, 9.17) is 16.3 Å². The fourth-order valence-corrected chi connectivity index (χ4v) is 5.89. The Balaban J connectivity index is 1.29. The van der Waals surface area contributed by atoms with E-state index in [1.54, 1.807) is 12.1 Å². The lowest BCUT2D eigenvalue weighted by molar-refractivity contribution is -0.126. The van der Waals surface area contributed by atoms with Gasteiger partial charge in [-0.1, -0.05) is 35.9 Å². The maximum Gasteiger partial charge on any atom is 0.243 e. The van der Waals surface area contributed by atoms with Crippen LogP contribution in [0.1, 0.15) is 24.0 Å². The predicted octanol–water partition coefficient (Wildman–Crippen LogP) is 2.89. The summed E-state index contributed by atoms with van der Waals surface area (Å²) >= 11 is 5.88. The molecule has 0 saturated carbocycles. The number of nitrogens with one attached hydrogen (secondary N) is 1. The Bertz CT molecular complexity index is 1040. The maximum absolute atomic E-state index is 13.0. The van der Waals surface area contributed by atoms with Crippen LogP contribution in [0.25, 0.3) is 0 Å². The van der Waals surface area contributed by atoms with Gasteiger partial charge >= 0.3 is 0 Å². The van der Waals surface area contributed by atoms with E-state index < -0.39 is 10.0 Å². The number of sulfonamides is 1. The second-order valence-electron chi connectivity index (χ2n) is 8.58. The highest BCUT2D eigenvalue weighted by Crippen LogP contribution is 2.25. The van der Waals surface area contributed by atoms with Gasteiger partial charge in [0.2, 0.25) is 15.9 Å². The Morgan fingerprint density at radius 3 is 2.36 bits per heavy atom. The summed E-state index contributed by atoms with van der Waals surface area (Å²) < 4.78 is 32.7. The van der Waals surface area contributed by atoms with Crippen molar-refractivity contribution in [2.75, 3.05) is 39.4 Å². The largest absolute Gasteiger partial charge is 0.379 e. The van der Waals surface area contributed by atoms with E-state index in [9.17, 15) is 13.2 Å². The molecule has 4 rings (SSSR count). The Hall–Kier alpha value is -1.97. The predicted molar refractivity (Wildman–Crippen MR) is 127 cm³/mol. The average Bonchev–Trinajstić information content (AvgIpc) is 2.84. The summed E-state index contributed by atoms with van der Waals surface area (Å²) in [4.78, 5) is 15.4. The zero-order chi connectivity index (χ0) is 23.3. The minimum atomic E-state index is -3.65. The third-order valence-electron chi connectivity index (χ3n) is 6.21. The van der Waals surface area contributed by atoms with Gasteiger partial charge in [-0.05, 0) is 48.2 Å². The molecule has 2 aromatic carbocycles. The molecular weight excluding hydrogens is 462 g/mol. The molecule has 0 unspecified atom stereocenters. The molecule has 2 saturated heterocycles. The standard InChI is InChI=1S/C24H30ClN3O4S/c25-22-7-9-23(10-8-22)33(30,31)28-11-1-2-21(18-28)24(29)26-16-19-3-5-20(6-4-19)17-27-12-14-32-15-13-27/h3-10,21H,1-2,11-18H2,(H,26,29)/t21-/m1/s1. The van der Waals surface area contributed by atoms with Crippen molar-refractivity contribution in [2.45, 2.75) is 30.8 Å². The van der Waals surface area contributed by atoms with Crippen LogP contribution in [-0.4, -0.2) is 62.9 Å². The number of nitrogens with zero attached hydrogens (tertiary/aromatic N) is 2. The topological polar surface area (TPSA) is 79.0 Å². The summed E-state index contributed by atoms with van der Waals surface area (Å²) in [7, 11) is -3.65. The van der Waals surface area contributed by atoms with Crippen molar-refractivity contribution in [2.24, 2.45) is 5.92 Å². The quantitative estimate of drug-likeness (QED) is 0.644. The average molecular weight is 492 g/mol. The number of morpholine rings is 1. The number of halogens is 1. The molecule has 33 heavy (non-hydrogen) atoms. The number of hydrogen-bond acceptors (Lipinski definition) is 5. The third kappa shape index (κ3) is 6.33. The van der Waals surface area contributed by atoms with Crippen LogP contribution in [0.3, 0.4) is 0 Å². The minimum absolute atomic E-state index is 0.108. The van der Waals surface area contributed by atoms with Gasteiger partial charge in [-0.15, -0.1) is 0 Å². The van der Waals surface area contributed by atoms with Crippen LogP contribution < -0.4 is 5.32 Å². The van der Waals surface area contributed by atoms with Crippen molar-refractivity contribution in [3.63, 3.8) is 0 Å². The summed E-state index contributed by atoms with van der Waals surface area (Å²) in [6, 6.07) is 14.4. The van der Waals surface area contributed by atoms with Gasteiger partial charge in [0.25, 0.3) is 0 Å². The number of piperidine rings is 1. The van der Waals surface area contributed by atoms with Crippen LogP contribution in [0.5, 0.6) is 0 Å². The number of hydrogen-bond donors (Lipinski definition) is 1. The van der Waals surface area contributed by atoms with Crippen LogP contribution in [-0.2, 0) is 32.6 Å². The first-order valence-corrected chi connectivity index (χ1v) is 13.1. The highest BCUT2D eigenvalue weighted by molar-refractivity contribution is 7.89. The van der Waals surface area contributed by atoms with Crippen LogP contribution >= 0.6 is 11.6 Å². The zero-order valence-electron chi connectivity index (χ0n) is 18.6. The molecular formula is C24H30ClN3O4S. The molecule has 0 aliphatic carbocycles. The molecule has 2 aliphatic rings. The lowest BCUT2D eigenvalue weighted by atomic mass is 9.98. The molecule has 1 amide bonds. The van der Waals surface area contributed by atoms with Crippen LogP contribution in [0.15, 0.2) is 53.4 Å². The molecule has 2 heterocycles. The third-order valence-corrected chi connectivity index (χ3v) is 8.34. The summed E-state index contributed by atoms with van der Waals surface area (Å²) in [6.45, 7) is 5.39. The van der Waals surface area contributed by atoms with Gasteiger partial charge in [0.05, 0.1) is 24.0 Å². The smallest absolute Gasteiger partial charge is 0.243 e. The van der Waals surface area contributed by atoms with E-state index in [0.29, 0.717) is 31.0 Å². The second-order valence-corrected chi connectivity index (χ2v) is 11.0. The van der Waals surface area contributed by atoms with Crippen molar-refractivity contribution in [1.29, 1.82) is 0 Å². The molecule has 2 fully saturated rings. The summed E-state index contributed by atoms with van der Waals surface area (Å²) in [5.74, 6) is -0.468. The molecule has 1 atom stereocenters. The zero-order valence-corrected chi connectivity index (χ0v) is 20.2. The first-order valence-electron chi connectivity index (χ1n) is 11.3. The van der Waals surface area contributed by atoms with Crippen LogP contribution in [0.2, 0.25) is 5.02 Å². The van der Waals surface area contributed by atoms with E-state index in [-0.39, 0.29) is 23.3 Å². The molecule has 2 aliphatic heterocycles. The SMILES string of the molecule is O=C(NCc1ccc(CN2CCOCC2)cc1)[C@@H]1CCCN(S(=O)(=O)c2ccc(Cl)cc2)C1. The normalized spacial score (nSPS) is 20.5. The lowest BCUT2D eigenvalue weighted by Crippen LogP contribution is -2.45. The number of amides is 1. The van der Waals surface area contributed by atoms with E-state index in [2.05, 4.69) is 22.3 Å². The van der Waals surface area contributed by atoms with E-state index >= 15 is 0 Å². The molecule has 9 heteroatoms. The van der Waals surface area contributed by atoms with E-state index in [1.807, 2.05) is 12.1 Å². The first kappa shape index (κ1) is 24.2. The number of benzene rings is 2. The number of carbonyl (C=O) groups excluding carboxylic acids is 1.